The molecular formula is C25H30N4O2. The van der Waals surface area contributed by atoms with Crippen LogP contribution in [0.1, 0.15) is 44.0 Å². The molecule has 1 saturated heterocycles. The summed E-state index contributed by atoms with van der Waals surface area (Å²) in [6.45, 7) is 3.50. The van der Waals surface area contributed by atoms with Crippen LogP contribution in [0.3, 0.4) is 0 Å². The lowest BCUT2D eigenvalue weighted by Crippen LogP contribution is -2.43. The van der Waals surface area contributed by atoms with E-state index < -0.39 is 0 Å². The van der Waals surface area contributed by atoms with Crippen LogP contribution in [-0.2, 0) is 29.1 Å². The zero-order valence-corrected chi connectivity index (χ0v) is 18.1. The van der Waals surface area contributed by atoms with E-state index in [2.05, 4.69) is 12.2 Å². The van der Waals surface area contributed by atoms with Crippen LogP contribution in [0.4, 0.5) is 0 Å². The Morgan fingerprint density at radius 3 is 2.65 bits per heavy atom. The van der Waals surface area contributed by atoms with E-state index in [0.29, 0.717) is 25.2 Å². The van der Waals surface area contributed by atoms with Crippen molar-refractivity contribution in [2.24, 2.45) is 0 Å². The fourth-order valence-corrected chi connectivity index (χ4v) is 4.30. The van der Waals surface area contributed by atoms with Gasteiger partial charge in [-0.25, -0.2) is 4.98 Å². The Morgan fingerprint density at radius 2 is 1.84 bits per heavy atom. The summed E-state index contributed by atoms with van der Waals surface area (Å²) in [5.74, 6) is 0.817. The molecular weight excluding hydrogens is 388 g/mol. The Kier molecular flexibility index (Phi) is 6.65. The summed E-state index contributed by atoms with van der Waals surface area (Å²) in [7, 11) is 0. The van der Waals surface area contributed by atoms with Crippen molar-refractivity contribution in [2.45, 2.75) is 58.2 Å². The summed E-state index contributed by atoms with van der Waals surface area (Å²) in [5.41, 5.74) is 2.91. The maximum Gasteiger partial charge on any atom is 0.242 e. The third-order valence-electron chi connectivity index (χ3n) is 6.08. The van der Waals surface area contributed by atoms with Gasteiger partial charge in [0.1, 0.15) is 12.4 Å². The van der Waals surface area contributed by atoms with Gasteiger partial charge >= 0.3 is 0 Å². The Balaban J connectivity index is 1.44. The van der Waals surface area contributed by atoms with Crippen molar-refractivity contribution in [3.8, 4) is 0 Å². The first-order valence-corrected chi connectivity index (χ1v) is 11.2. The number of nitrogens with zero attached hydrogens (tertiary/aromatic N) is 3. The van der Waals surface area contributed by atoms with Gasteiger partial charge in [0, 0.05) is 19.0 Å². The van der Waals surface area contributed by atoms with E-state index in [1.54, 1.807) is 0 Å². The Morgan fingerprint density at radius 1 is 1.06 bits per heavy atom. The van der Waals surface area contributed by atoms with Gasteiger partial charge in [0.05, 0.1) is 17.6 Å². The van der Waals surface area contributed by atoms with E-state index in [0.717, 1.165) is 36.0 Å². The van der Waals surface area contributed by atoms with Gasteiger partial charge in [-0.15, -0.1) is 0 Å². The number of rotatable bonds is 7. The number of para-hydroxylation sites is 2. The van der Waals surface area contributed by atoms with Crippen molar-refractivity contribution < 1.29 is 9.59 Å². The van der Waals surface area contributed by atoms with Crippen molar-refractivity contribution in [2.75, 3.05) is 6.54 Å². The number of piperidine rings is 1. The molecule has 2 heterocycles. The molecule has 162 valence electrons. The van der Waals surface area contributed by atoms with E-state index in [9.17, 15) is 9.59 Å². The summed E-state index contributed by atoms with van der Waals surface area (Å²) < 4.78 is 1.95. The highest BCUT2D eigenvalue weighted by Gasteiger charge is 2.24. The molecule has 1 unspecified atom stereocenters. The molecule has 0 spiro atoms. The molecule has 1 aromatic heterocycles. The highest BCUT2D eigenvalue weighted by atomic mass is 16.2. The number of hydrogen-bond donors (Lipinski definition) is 1. The largest absolute Gasteiger partial charge is 0.349 e. The zero-order valence-electron chi connectivity index (χ0n) is 18.1. The molecule has 1 atom stereocenters. The Labute approximate surface area is 183 Å². The minimum absolute atomic E-state index is 0.0153. The topological polar surface area (TPSA) is 67.2 Å². The minimum Gasteiger partial charge on any atom is -0.349 e. The highest BCUT2D eigenvalue weighted by Crippen LogP contribution is 2.20. The van der Waals surface area contributed by atoms with Gasteiger partial charge in [-0.2, -0.15) is 0 Å². The number of carbonyl (C=O) groups is 2. The predicted octanol–water partition coefficient (Wildman–Crippen LogP) is 3.69. The smallest absolute Gasteiger partial charge is 0.242 e. The average molecular weight is 419 g/mol. The van der Waals surface area contributed by atoms with Gasteiger partial charge in [-0.1, -0.05) is 42.5 Å². The first-order valence-electron chi connectivity index (χ1n) is 11.2. The van der Waals surface area contributed by atoms with E-state index in [-0.39, 0.29) is 24.4 Å². The normalized spacial score (nSPS) is 16.4. The summed E-state index contributed by atoms with van der Waals surface area (Å²) in [6.07, 6.45) is 4.42. The standard InChI is InChI=1S/C25H30N4O2/c1-19-9-7-8-16-28(19)25(31)18-29-22-13-6-5-12-21(22)27-23(29)17-26-24(30)15-14-20-10-3-2-4-11-20/h2-6,10-13,19H,7-9,14-18H2,1H3,(H,26,30). The number of imidazole rings is 1. The highest BCUT2D eigenvalue weighted by molar-refractivity contribution is 5.82. The number of aryl methyl sites for hydroxylation is 1. The van der Waals surface area contributed by atoms with Crippen LogP contribution in [0.5, 0.6) is 0 Å². The SMILES string of the molecule is CC1CCCCN1C(=O)Cn1c(CNC(=O)CCc2ccccc2)nc2ccccc21. The van der Waals surface area contributed by atoms with Gasteiger partial charge < -0.3 is 14.8 Å². The molecule has 0 saturated carbocycles. The monoisotopic (exact) mass is 418 g/mol. The van der Waals surface area contributed by atoms with Crippen molar-refractivity contribution in [3.05, 3.63) is 66.0 Å². The van der Waals surface area contributed by atoms with Gasteiger partial charge in [0.15, 0.2) is 0 Å². The van der Waals surface area contributed by atoms with Gasteiger partial charge in [-0.3, -0.25) is 9.59 Å². The summed E-state index contributed by atoms with van der Waals surface area (Å²) >= 11 is 0. The first kappa shape index (κ1) is 21.1. The Bertz CT molecular complexity index is 1040. The van der Waals surface area contributed by atoms with Gasteiger partial charge in [-0.05, 0) is 50.3 Å². The lowest BCUT2D eigenvalue weighted by atomic mass is 10.0. The predicted molar refractivity (Wildman–Crippen MR) is 121 cm³/mol. The number of amides is 2. The van der Waals surface area contributed by atoms with Crippen LogP contribution in [0.2, 0.25) is 0 Å². The number of aromatic nitrogens is 2. The molecule has 1 fully saturated rings. The molecule has 1 N–H and O–H groups in total. The maximum atomic E-state index is 13.1. The van der Waals surface area contributed by atoms with Crippen LogP contribution < -0.4 is 5.32 Å². The van der Waals surface area contributed by atoms with Crippen molar-refractivity contribution in [3.63, 3.8) is 0 Å². The summed E-state index contributed by atoms with van der Waals surface area (Å²) in [5, 5.41) is 2.98. The number of benzene rings is 2. The van der Waals surface area contributed by atoms with E-state index in [1.807, 2.05) is 64.1 Å². The second-order valence-corrected chi connectivity index (χ2v) is 8.30. The van der Waals surface area contributed by atoms with Crippen molar-refractivity contribution in [1.82, 2.24) is 19.8 Å². The second-order valence-electron chi connectivity index (χ2n) is 8.30. The first-order chi connectivity index (χ1) is 15.1. The molecule has 0 radical (unpaired) electrons. The van der Waals surface area contributed by atoms with Crippen LogP contribution >= 0.6 is 0 Å². The molecule has 4 rings (SSSR count). The van der Waals surface area contributed by atoms with E-state index >= 15 is 0 Å². The molecule has 31 heavy (non-hydrogen) atoms. The molecule has 1 aliphatic rings. The molecule has 0 bridgehead atoms. The fourth-order valence-electron chi connectivity index (χ4n) is 4.30. The number of likely N-dealkylation sites (tertiary alicyclic amines) is 1. The van der Waals surface area contributed by atoms with Crippen LogP contribution in [0.15, 0.2) is 54.6 Å². The van der Waals surface area contributed by atoms with E-state index in [4.69, 9.17) is 4.98 Å². The zero-order chi connectivity index (χ0) is 21.6. The fraction of sp³-hybridized carbons (Fsp3) is 0.400. The number of nitrogens with one attached hydrogen (secondary N) is 1. The van der Waals surface area contributed by atoms with Crippen LogP contribution in [0.25, 0.3) is 11.0 Å². The molecule has 2 amide bonds. The summed E-state index contributed by atoms with van der Waals surface area (Å²) in [4.78, 5) is 32.1. The lowest BCUT2D eigenvalue weighted by Gasteiger charge is -2.33. The van der Waals surface area contributed by atoms with Crippen molar-refractivity contribution >= 4 is 22.8 Å². The number of carbonyl (C=O) groups excluding carboxylic acids is 2. The number of fused-ring (bicyclic) bond motifs is 1. The molecule has 6 nitrogen and oxygen atoms in total. The van der Waals surface area contributed by atoms with Gasteiger partial charge in [0.25, 0.3) is 0 Å². The molecule has 1 aliphatic heterocycles. The van der Waals surface area contributed by atoms with E-state index in [1.165, 1.54) is 6.42 Å². The Hall–Kier alpha value is -3.15. The maximum absolute atomic E-state index is 13.1. The third-order valence-corrected chi connectivity index (χ3v) is 6.08. The summed E-state index contributed by atoms with van der Waals surface area (Å²) in [6, 6.07) is 18.1. The molecule has 3 aromatic rings. The van der Waals surface area contributed by atoms with Crippen LogP contribution in [-0.4, -0.2) is 38.9 Å². The van der Waals surface area contributed by atoms with Crippen LogP contribution in [0, 0.1) is 0 Å². The van der Waals surface area contributed by atoms with Gasteiger partial charge in [0.2, 0.25) is 11.8 Å². The quantitative estimate of drug-likeness (QED) is 0.636. The molecule has 2 aromatic carbocycles. The average Bonchev–Trinajstić information content (AvgIpc) is 3.14. The minimum atomic E-state index is -0.0153. The third kappa shape index (κ3) is 5.13. The molecule has 0 aliphatic carbocycles. The van der Waals surface area contributed by atoms with Crippen molar-refractivity contribution in [1.29, 1.82) is 0 Å². The molecule has 6 heteroatoms. The lowest BCUT2D eigenvalue weighted by molar-refractivity contribution is -0.135. The number of hydrogen-bond acceptors (Lipinski definition) is 3. The second kappa shape index (κ2) is 9.77.